The predicted octanol–water partition coefficient (Wildman–Crippen LogP) is 5.64. The Morgan fingerprint density at radius 2 is 1.76 bits per heavy atom. The Morgan fingerprint density at radius 1 is 1.00 bits per heavy atom. The molecule has 0 unspecified atom stereocenters. The third-order valence-electron chi connectivity index (χ3n) is 11.6. The Kier molecular flexibility index (Phi) is 10.4. The summed E-state index contributed by atoms with van der Waals surface area (Å²) in [6.45, 7) is 6.04. The van der Waals surface area contributed by atoms with Crippen LogP contribution in [-0.4, -0.2) is 93.5 Å². The molecule has 6 atom stereocenters. The molecule has 12 heteroatoms. The summed E-state index contributed by atoms with van der Waals surface area (Å²) in [7, 11) is 1.60. The molecule has 0 bridgehead atoms. The standard InChI is InChI=1S/C43H50N4O8/c1-42(2,3)55-36(48)20-27-12-8-6-5-7-9-13-29-22-43(29,41(52)53)45-38(49)37-33-25-46(23-28(33)24-47(37)39(27)50)40(51)32-21-35(26-16-18-30(54-4)19-17-26)44-34-15-11-10-14-31(32)34/h9-11,13-19,21,27-29,33,37H,5-8,12,20,22-25H2,1-4H3,(H,45,49)(H,52,53)/b13-9-/t27-,28-,29+,33-,37-,43+/m0/s1. The Labute approximate surface area is 321 Å². The third kappa shape index (κ3) is 7.81. The van der Waals surface area contributed by atoms with Crippen LogP contribution in [0.5, 0.6) is 5.75 Å². The summed E-state index contributed by atoms with van der Waals surface area (Å²) in [6.07, 6.45) is 7.63. The molecule has 55 heavy (non-hydrogen) atoms. The van der Waals surface area contributed by atoms with Crippen molar-refractivity contribution in [1.29, 1.82) is 0 Å². The maximum Gasteiger partial charge on any atom is 0.330 e. The van der Waals surface area contributed by atoms with E-state index in [0.29, 0.717) is 47.3 Å². The number of nitrogens with zero attached hydrogens (tertiary/aromatic N) is 3. The van der Waals surface area contributed by atoms with Crippen LogP contribution in [0.1, 0.15) is 76.1 Å². The first-order valence-corrected chi connectivity index (χ1v) is 19.4. The molecule has 1 aliphatic carbocycles. The summed E-state index contributed by atoms with van der Waals surface area (Å²) in [5, 5.41) is 13.9. The lowest BCUT2D eigenvalue weighted by atomic mass is 9.92. The molecule has 4 aliphatic rings. The Bertz CT molecular complexity index is 2020. The van der Waals surface area contributed by atoms with Gasteiger partial charge in [0.05, 0.1) is 30.3 Å². The van der Waals surface area contributed by atoms with Crippen molar-refractivity contribution >= 4 is 40.6 Å². The number of hydrogen-bond donors (Lipinski definition) is 2. The largest absolute Gasteiger partial charge is 0.497 e. The highest BCUT2D eigenvalue weighted by molar-refractivity contribution is 6.07. The maximum atomic E-state index is 14.6. The second kappa shape index (κ2) is 15.1. The van der Waals surface area contributed by atoms with E-state index in [1.54, 1.807) is 43.7 Å². The average Bonchev–Trinajstić information content (AvgIpc) is 3.50. The lowest BCUT2D eigenvalue weighted by Crippen LogP contribution is -2.56. The van der Waals surface area contributed by atoms with Crippen molar-refractivity contribution in [2.75, 3.05) is 26.7 Å². The van der Waals surface area contributed by atoms with E-state index in [4.69, 9.17) is 14.5 Å². The number of carbonyl (C=O) groups excluding carboxylic acids is 4. The molecule has 2 saturated heterocycles. The number of allylic oxidation sites excluding steroid dienone is 1. The SMILES string of the molecule is COc1ccc(-c2cc(C(=O)N3C[C@H]4CN5C(=O)[C@H](CC(=O)OC(C)(C)C)CCCCC/C=C\[C@@H]6C[C@@]6(C(=O)O)NC(=O)[C@@H]5[C@H]4C3)c3ccccc3n2)cc1. The molecule has 3 fully saturated rings. The van der Waals surface area contributed by atoms with Gasteiger partial charge < -0.3 is 29.7 Å². The third-order valence-corrected chi connectivity index (χ3v) is 11.6. The van der Waals surface area contributed by atoms with Crippen LogP contribution in [0.2, 0.25) is 0 Å². The molecule has 290 valence electrons. The zero-order chi connectivity index (χ0) is 39.1. The first-order valence-electron chi connectivity index (χ1n) is 19.4. The number of carbonyl (C=O) groups is 5. The number of methoxy groups -OCH3 is 1. The van der Waals surface area contributed by atoms with E-state index in [1.165, 1.54) is 0 Å². The lowest BCUT2D eigenvalue weighted by Gasteiger charge is -2.32. The van der Waals surface area contributed by atoms with Crippen molar-refractivity contribution in [3.05, 3.63) is 72.3 Å². The minimum Gasteiger partial charge on any atom is -0.497 e. The lowest BCUT2D eigenvalue weighted by molar-refractivity contribution is -0.159. The van der Waals surface area contributed by atoms with Gasteiger partial charge in [-0.2, -0.15) is 0 Å². The van der Waals surface area contributed by atoms with Gasteiger partial charge in [0.25, 0.3) is 5.91 Å². The van der Waals surface area contributed by atoms with Gasteiger partial charge in [-0.3, -0.25) is 19.2 Å². The number of nitrogens with one attached hydrogen (secondary N) is 1. The van der Waals surface area contributed by atoms with Crippen LogP contribution in [0, 0.1) is 23.7 Å². The van der Waals surface area contributed by atoms with Crippen molar-refractivity contribution in [2.24, 2.45) is 23.7 Å². The van der Waals surface area contributed by atoms with Gasteiger partial charge in [0, 0.05) is 54.3 Å². The molecule has 4 heterocycles. The molecule has 3 aliphatic heterocycles. The number of para-hydroxylation sites is 1. The van der Waals surface area contributed by atoms with Crippen LogP contribution >= 0.6 is 0 Å². The number of aromatic nitrogens is 1. The van der Waals surface area contributed by atoms with Crippen LogP contribution in [0.25, 0.3) is 22.2 Å². The first kappa shape index (κ1) is 38.0. The fraction of sp³-hybridized carbons (Fsp3) is 0.488. The van der Waals surface area contributed by atoms with Gasteiger partial charge in [-0.05, 0) is 82.9 Å². The summed E-state index contributed by atoms with van der Waals surface area (Å²) in [5.74, 6) is -3.71. The number of carboxylic acids is 1. The van der Waals surface area contributed by atoms with Crippen LogP contribution < -0.4 is 10.1 Å². The monoisotopic (exact) mass is 750 g/mol. The fourth-order valence-corrected chi connectivity index (χ4v) is 8.68. The maximum absolute atomic E-state index is 14.6. The number of fused-ring (bicyclic) bond motifs is 5. The van der Waals surface area contributed by atoms with Crippen molar-refractivity contribution < 1.29 is 38.6 Å². The number of hydrogen-bond acceptors (Lipinski definition) is 8. The summed E-state index contributed by atoms with van der Waals surface area (Å²) in [5.41, 5.74) is 0.409. The average molecular weight is 751 g/mol. The van der Waals surface area contributed by atoms with E-state index >= 15 is 0 Å². The van der Waals surface area contributed by atoms with Crippen molar-refractivity contribution in [2.45, 2.75) is 82.9 Å². The summed E-state index contributed by atoms with van der Waals surface area (Å²) >= 11 is 0. The van der Waals surface area contributed by atoms with Gasteiger partial charge in [-0.25, -0.2) is 9.78 Å². The number of amides is 3. The highest BCUT2D eigenvalue weighted by atomic mass is 16.6. The van der Waals surface area contributed by atoms with Crippen LogP contribution in [0.3, 0.4) is 0 Å². The van der Waals surface area contributed by atoms with Crippen LogP contribution in [0.4, 0.5) is 0 Å². The molecule has 12 nitrogen and oxygen atoms in total. The van der Waals surface area contributed by atoms with Gasteiger partial charge in [0.1, 0.15) is 22.9 Å². The molecule has 2 aromatic carbocycles. The molecular formula is C43H50N4O8. The molecule has 1 saturated carbocycles. The van der Waals surface area contributed by atoms with Crippen LogP contribution in [-0.2, 0) is 23.9 Å². The summed E-state index contributed by atoms with van der Waals surface area (Å²) < 4.78 is 10.9. The van der Waals surface area contributed by atoms with Gasteiger partial charge in [-0.15, -0.1) is 0 Å². The molecule has 2 N–H and O–H groups in total. The molecule has 3 amide bonds. The second-order valence-corrected chi connectivity index (χ2v) is 16.5. The quantitative estimate of drug-likeness (QED) is 0.241. The number of ether oxygens (including phenoxy) is 2. The Morgan fingerprint density at radius 3 is 2.49 bits per heavy atom. The van der Waals surface area contributed by atoms with E-state index < -0.39 is 46.9 Å². The second-order valence-electron chi connectivity index (χ2n) is 16.5. The zero-order valence-corrected chi connectivity index (χ0v) is 32.0. The highest BCUT2D eigenvalue weighted by Crippen LogP contribution is 2.46. The number of rotatable bonds is 6. The highest BCUT2D eigenvalue weighted by Gasteiger charge is 2.62. The summed E-state index contributed by atoms with van der Waals surface area (Å²) in [6, 6.07) is 15.7. The predicted molar refractivity (Wildman–Crippen MR) is 205 cm³/mol. The van der Waals surface area contributed by atoms with Crippen LogP contribution in [0.15, 0.2) is 66.7 Å². The number of pyridine rings is 1. The van der Waals surface area contributed by atoms with E-state index in [1.807, 2.05) is 60.7 Å². The topological polar surface area (TPSA) is 155 Å². The minimum absolute atomic E-state index is 0.117. The molecular weight excluding hydrogens is 700 g/mol. The van der Waals surface area contributed by atoms with E-state index in [9.17, 15) is 29.1 Å². The van der Waals surface area contributed by atoms with Gasteiger partial charge in [-0.1, -0.05) is 43.2 Å². The Hall–Kier alpha value is -5.26. The van der Waals surface area contributed by atoms with Crippen molar-refractivity contribution in [3.8, 4) is 17.0 Å². The number of aliphatic carboxylic acids is 1. The Balaban J connectivity index is 1.20. The first-order chi connectivity index (χ1) is 26.3. The number of carboxylic acid groups (broad SMARTS) is 1. The van der Waals surface area contributed by atoms with Gasteiger partial charge in [0.15, 0.2) is 0 Å². The fourth-order valence-electron chi connectivity index (χ4n) is 8.68. The minimum atomic E-state index is -1.46. The van der Waals surface area contributed by atoms with E-state index in [-0.39, 0.29) is 49.6 Å². The van der Waals surface area contributed by atoms with E-state index in [0.717, 1.165) is 24.8 Å². The van der Waals surface area contributed by atoms with Gasteiger partial charge >= 0.3 is 11.9 Å². The van der Waals surface area contributed by atoms with Gasteiger partial charge in [0.2, 0.25) is 11.8 Å². The molecule has 1 aromatic heterocycles. The summed E-state index contributed by atoms with van der Waals surface area (Å²) in [4.78, 5) is 77.5. The molecule has 0 radical (unpaired) electrons. The normalized spacial score (nSPS) is 27.5. The van der Waals surface area contributed by atoms with Crippen molar-refractivity contribution in [1.82, 2.24) is 20.1 Å². The van der Waals surface area contributed by atoms with E-state index in [2.05, 4.69) is 5.32 Å². The molecule has 3 aromatic rings. The number of benzene rings is 2. The van der Waals surface area contributed by atoms with Crippen molar-refractivity contribution in [3.63, 3.8) is 0 Å². The smallest absolute Gasteiger partial charge is 0.330 e. The molecule has 0 spiro atoms. The number of esters is 1. The zero-order valence-electron chi connectivity index (χ0n) is 32.0. The molecule has 7 rings (SSSR count). The number of likely N-dealkylation sites (tertiary alicyclic amines) is 1.